The minimum Gasteiger partial charge on any atom is -0.455 e. The van der Waals surface area contributed by atoms with E-state index in [9.17, 15) is 14.4 Å². The molecule has 140 valence electrons. The molecule has 0 radical (unpaired) electrons. The van der Waals surface area contributed by atoms with Crippen LogP contribution in [0.15, 0.2) is 33.9 Å². The standard InChI is InChI=1S/C17H21N3O5S/c1-3-8-18-16(23)11(2)19-14(21)9-24-15(22)10-26-17-20-12-6-4-5-7-13(12)25-17/h4-7,11H,3,8-10H2,1-2H3,(H,18,23)(H,19,21)/t11-/m1/s1. The molecule has 0 aliphatic rings. The summed E-state index contributed by atoms with van der Waals surface area (Å²) in [5.74, 6) is -1.43. The maximum atomic E-state index is 11.7. The van der Waals surface area contributed by atoms with Crippen molar-refractivity contribution >= 4 is 40.6 Å². The topological polar surface area (TPSA) is 111 Å². The second-order valence-electron chi connectivity index (χ2n) is 5.48. The highest BCUT2D eigenvalue weighted by molar-refractivity contribution is 7.99. The van der Waals surface area contributed by atoms with Gasteiger partial charge in [-0.1, -0.05) is 30.8 Å². The van der Waals surface area contributed by atoms with E-state index in [4.69, 9.17) is 9.15 Å². The Morgan fingerprint density at radius 1 is 1.31 bits per heavy atom. The van der Waals surface area contributed by atoms with Gasteiger partial charge in [0.25, 0.3) is 11.1 Å². The van der Waals surface area contributed by atoms with E-state index in [0.717, 1.165) is 18.2 Å². The van der Waals surface area contributed by atoms with Gasteiger partial charge in [0, 0.05) is 6.54 Å². The summed E-state index contributed by atoms with van der Waals surface area (Å²) in [5, 5.41) is 5.49. The lowest BCUT2D eigenvalue weighted by Gasteiger charge is -2.13. The highest BCUT2D eigenvalue weighted by atomic mass is 32.2. The molecule has 0 saturated heterocycles. The summed E-state index contributed by atoms with van der Waals surface area (Å²) >= 11 is 1.09. The Morgan fingerprint density at radius 3 is 2.81 bits per heavy atom. The van der Waals surface area contributed by atoms with Gasteiger partial charge in [0.2, 0.25) is 5.91 Å². The van der Waals surface area contributed by atoms with Crippen molar-refractivity contribution in [2.24, 2.45) is 0 Å². The number of oxazole rings is 1. The van der Waals surface area contributed by atoms with Gasteiger partial charge in [0.05, 0.1) is 0 Å². The van der Waals surface area contributed by atoms with Crippen LogP contribution in [-0.4, -0.2) is 47.7 Å². The number of benzene rings is 1. The molecule has 2 amide bonds. The molecule has 0 aliphatic heterocycles. The highest BCUT2D eigenvalue weighted by Gasteiger charge is 2.16. The minimum atomic E-state index is -0.693. The quantitative estimate of drug-likeness (QED) is 0.502. The molecule has 1 aromatic carbocycles. The number of carbonyl (C=O) groups is 3. The Morgan fingerprint density at radius 2 is 2.08 bits per heavy atom. The van der Waals surface area contributed by atoms with Gasteiger partial charge in [0.1, 0.15) is 17.3 Å². The smallest absolute Gasteiger partial charge is 0.316 e. The van der Waals surface area contributed by atoms with Crippen LogP contribution in [0, 0.1) is 0 Å². The third kappa shape index (κ3) is 6.07. The monoisotopic (exact) mass is 379 g/mol. The first-order chi connectivity index (χ1) is 12.5. The van der Waals surface area contributed by atoms with Crippen molar-refractivity contribution in [3.8, 4) is 0 Å². The number of carbonyl (C=O) groups excluding carboxylic acids is 3. The Kier molecular flexibility index (Phi) is 7.46. The summed E-state index contributed by atoms with van der Waals surface area (Å²) < 4.78 is 10.4. The Bertz CT molecular complexity index is 744. The predicted octanol–water partition coefficient (Wildman–Crippen LogP) is 1.49. The van der Waals surface area contributed by atoms with Crippen molar-refractivity contribution in [3.63, 3.8) is 0 Å². The van der Waals surface area contributed by atoms with Crippen molar-refractivity contribution in [1.82, 2.24) is 15.6 Å². The number of nitrogens with zero attached hydrogens (tertiary/aromatic N) is 1. The number of fused-ring (bicyclic) bond motifs is 1. The molecule has 9 heteroatoms. The van der Waals surface area contributed by atoms with Crippen LogP contribution in [-0.2, 0) is 19.1 Å². The summed E-state index contributed by atoms with van der Waals surface area (Å²) in [6.07, 6.45) is 0.807. The van der Waals surface area contributed by atoms with Crippen molar-refractivity contribution in [2.45, 2.75) is 31.5 Å². The molecule has 0 saturated carbocycles. The van der Waals surface area contributed by atoms with Crippen LogP contribution < -0.4 is 10.6 Å². The summed E-state index contributed by atoms with van der Waals surface area (Å²) in [6.45, 7) is 3.59. The minimum absolute atomic E-state index is 0.0351. The zero-order valence-electron chi connectivity index (χ0n) is 14.6. The van der Waals surface area contributed by atoms with Gasteiger partial charge < -0.3 is 19.8 Å². The van der Waals surface area contributed by atoms with E-state index < -0.39 is 24.5 Å². The second-order valence-corrected chi connectivity index (χ2v) is 6.40. The van der Waals surface area contributed by atoms with Crippen molar-refractivity contribution in [1.29, 1.82) is 0 Å². The van der Waals surface area contributed by atoms with E-state index in [0.29, 0.717) is 22.9 Å². The van der Waals surface area contributed by atoms with Gasteiger partial charge in [0.15, 0.2) is 12.2 Å². The average Bonchev–Trinajstić information content (AvgIpc) is 3.05. The molecule has 0 fully saturated rings. The maximum Gasteiger partial charge on any atom is 0.316 e. The highest BCUT2D eigenvalue weighted by Crippen LogP contribution is 2.22. The molecule has 8 nitrogen and oxygen atoms in total. The Hall–Kier alpha value is -2.55. The van der Waals surface area contributed by atoms with Gasteiger partial charge >= 0.3 is 5.97 Å². The van der Waals surface area contributed by atoms with Crippen LogP contribution in [0.5, 0.6) is 0 Å². The SMILES string of the molecule is CCCNC(=O)[C@@H](C)NC(=O)COC(=O)CSc1nc2ccccc2o1. The number of aromatic nitrogens is 1. The van der Waals surface area contributed by atoms with Crippen LogP contribution in [0.25, 0.3) is 11.1 Å². The fourth-order valence-electron chi connectivity index (χ4n) is 1.97. The molecule has 1 aromatic heterocycles. The van der Waals surface area contributed by atoms with Crippen LogP contribution in [0.3, 0.4) is 0 Å². The lowest BCUT2D eigenvalue weighted by molar-refractivity contribution is -0.146. The average molecular weight is 379 g/mol. The lowest BCUT2D eigenvalue weighted by Crippen LogP contribution is -2.46. The fraction of sp³-hybridized carbons (Fsp3) is 0.412. The van der Waals surface area contributed by atoms with Gasteiger partial charge in [-0.2, -0.15) is 0 Å². The molecular weight excluding hydrogens is 358 g/mol. The fourth-order valence-corrected chi connectivity index (χ4v) is 2.61. The number of para-hydroxylation sites is 2. The molecule has 0 bridgehead atoms. The maximum absolute atomic E-state index is 11.7. The van der Waals surface area contributed by atoms with Crippen LogP contribution in [0.4, 0.5) is 0 Å². The number of ether oxygens (including phenoxy) is 1. The number of thioether (sulfide) groups is 1. The lowest BCUT2D eigenvalue weighted by atomic mass is 10.3. The number of hydrogen-bond acceptors (Lipinski definition) is 7. The van der Waals surface area contributed by atoms with Gasteiger partial charge in [-0.25, -0.2) is 4.98 Å². The van der Waals surface area contributed by atoms with Crippen LogP contribution in [0.1, 0.15) is 20.3 Å². The molecule has 1 atom stereocenters. The third-order valence-electron chi connectivity index (χ3n) is 3.27. The zero-order valence-corrected chi connectivity index (χ0v) is 15.4. The first-order valence-electron chi connectivity index (χ1n) is 8.20. The van der Waals surface area contributed by atoms with E-state index in [2.05, 4.69) is 15.6 Å². The molecule has 2 aromatic rings. The number of hydrogen-bond donors (Lipinski definition) is 2. The summed E-state index contributed by atoms with van der Waals surface area (Å²) in [5.41, 5.74) is 1.34. The predicted molar refractivity (Wildman–Crippen MR) is 96.6 cm³/mol. The van der Waals surface area contributed by atoms with Gasteiger partial charge in [-0.15, -0.1) is 0 Å². The van der Waals surface area contributed by atoms with E-state index in [1.165, 1.54) is 0 Å². The van der Waals surface area contributed by atoms with Crippen molar-refractivity contribution in [3.05, 3.63) is 24.3 Å². The molecular formula is C17H21N3O5S. The van der Waals surface area contributed by atoms with E-state index in [1.54, 1.807) is 13.0 Å². The first kappa shape index (κ1) is 19.8. The summed E-state index contributed by atoms with van der Waals surface area (Å²) in [6, 6.07) is 6.58. The molecule has 0 aliphatic carbocycles. The van der Waals surface area contributed by atoms with Crippen LogP contribution in [0.2, 0.25) is 0 Å². The van der Waals surface area contributed by atoms with Crippen LogP contribution >= 0.6 is 11.8 Å². The van der Waals surface area contributed by atoms with Gasteiger partial charge in [-0.3, -0.25) is 14.4 Å². The van der Waals surface area contributed by atoms with Crippen molar-refractivity contribution < 1.29 is 23.5 Å². The molecule has 26 heavy (non-hydrogen) atoms. The van der Waals surface area contributed by atoms with E-state index in [-0.39, 0.29) is 11.7 Å². The summed E-state index contributed by atoms with van der Waals surface area (Å²) in [4.78, 5) is 39.3. The first-order valence-corrected chi connectivity index (χ1v) is 9.19. The van der Waals surface area contributed by atoms with Gasteiger partial charge in [-0.05, 0) is 25.5 Å². The normalized spacial score (nSPS) is 11.8. The zero-order chi connectivity index (χ0) is 18.9. The molecule has 2 N–H and O–H groups in total. The molecule has 1 heterocycles. The Labute approximate surface area is 155 Å². The third-order valence-corrected chi connectivity index (χ3v) is 4.07. The molecule has 0 spiro atoms. The van der Waals surface area contributed by atoms with E-state index >= 15 is 0 Å². The second kappa shape index (κ2) is 9.81. The molecule has 2 rings (SSSR count). The number of amides is 2. The van der Waals surface area contributed by atoms with E-state index in [1.807, 2.05) is 25.1 Å². The largest absolute Gasteiger partial charge is 0.455 e. The number of rotatable bonds is 9. The Balaban J connectivity index is 1.69. The summed E-state index contributed by atoms with van der Waals surface area (Å²) in [7, 11) is 0. The number of nitrogens with one attached hydrogen (secondary N) is 2. The van der Waals surface area contributed by atoms with Crippen molar-refractivity contribution in [2.75, 3.05) is 18.9 Å². The molecule has 0 unspecified atom stereocenters. The number of esters is 1.